The average molecular weight is 237 g/mol. The van der Waals surface area contributed by atoms with Gasteiger partial charge in [0.25, 0.3) is 0 Å². The molecular formula is C14H20FNO. The molecule has 2 nitrogen and oxygen atoms in total. The quantitative estimate of drug-likeness (QED) is 0.821. The molecule has 0 aromatic heterocycles. The van der Waals surface area contributed by atoms with Crippen molar-refractivity contribution in [3.63, 3.8) is 0 Å². The number of carbonyl (C=O) groups is 1. The van der Waals surface area contributed by atoms with Gasteiger partial charge in [0.2, 0.25) is 0 Å². The van der Waals surface area contributed by atoms with Gasteiger partial charge >= 0.3 is 0 Å². The van der Waals surface area contributed by atoms with E-state index in [2.05, 4.69) is 0 Å². The summed E-state index contributed by atoms with van der Waals surface area (Å²) in [5.41, 5.74) is 5.51. The van der Waals surface area contributed by atoms with Gasteiger partial charge in [-0.1, -0.05) is 26.0 Å². The first-order valence-corrected chi connectivity index (χ1v) is 5.67. The van der Waals surface area contributed by atoms with Gasteiger partial charge in [-0.3, -0.25) is 4.79 Å². The molecule has 1 aromatic carbocycles. The normalized spacial score (nSPS) is 12.6. The van der Waals surface area contributed by atoms with Crippen LogP contribution in [0.1, 0.15) is 43.6 Å². The van der Waals surface area contributed by atoms with E-state index in [4.69, 9.17) is 5.73 Å². The van der Waals surface area contributed by atoms with Crippen molar-refractivity contribution in [1.82, 2.24) is 0 Å². The van der Waals surface area contributed by atoms with Crippen LogP contribution in [0.5, 0.6) is 0 Å². The average Bonchev–Trinajstić information content (AvgIpc) is 2.19. The third-order valence-electron chi connectivity index (χ3n) is 3.61. The summed E-state index contributed by atoms with van der Waals surface area (Å²) in [7, 11) is 0. The molecule has 0 fully saturated rings. The monoisotopic (exact) mass is 237 g/mol. The van der Waals surface area contributed by atoms with E-state index in [-0.39, 0.29) is 11.6 Å². The molecule has 0 bridgehead atoms. The number of carbonyl (C=O) groups excluding carboxylic acids is 1. The van der Waals surface area contributed by atoms with E-state index >= 15 is 0 Å². The summed E-state index contributed by atoms with van der Waals surface area (Å²) in [6.45, 7) is 8.84. The third kappa shape index (κ3) is 2.55. The van der Waals surface area contributed by atoms with E-state index in [1.165, 1.54) is 6.07 Å². The molecule has 0 spiro atoms. The highest BCUT2D eigenvalue weighted by molar-refractivity contribution is 6.01. The number of nitrogens with two attached hydrogens (primary N) is 1. The summed E-state index contributed by atoms with van der Waals surface area (Å²) in [5.74, 6) is -0.495. The Bertz CT molecular complexity index is 444. The van der Waals surface area contributed by atoms with Gasteiger partial charge in [-0.25, -0.2) is 4.39 Å². The van der Waals surface area contributed by atoms with Crippen LogP contribution in [0.25, 0.3) is 0 Å². The number of benzene rings is 1. The molecule has 0 aliphatic carbocycles. The molecule has 94 valence electrons. The molecular weight excluding hydrogens is 217 g/mol. The fraction of sp³-hybridized carbons (Fsp3) is 0.500. The van der Waals surface area contributed by atoms with Gasteiger partial charge in [-0.2, -0.15) is 0 Å². The van der Waals surface area contributed by atoms with Gasteiger partial charge in [-0.15, -0.1) is 0 Å². The van der Waals surface area contributed by atoms with Crippen LogP contribution in [0.3, 0.4) is 0 Å². The van der Waals surface area contributed by atoms with Crippen LogP contribution < -0.4 is 5.73 Å². The summed E-state index contributed by atoms with van der Waals surface area (Å²) < 4.78 is 13.4. The second kappa shape index (κ2) is 4.22. The highest BCUT2D eigenvalue weighted by atomic mass is 19.1. The smallest absolute Gasteiger partial charge is 0.170 e. The first-order chi connectivity index (χ1) is 7.57. The Balaban J connectivity index is 3.17. The van der Waals surface area contributed by atoms with Gasteiger partial charge in [0.05, 0.1) is 0 Å². The van der Waals surface area contributed by atoms with Crippen LogP contribution in [-0.4, -0.2) is 11.3 Å². The summed E-state index contributed by atoms with van der Waals surface area (Å²) in [4.78, 5) is 12.3. The standard InChI is InChI=1S/C14H20FNO/c1-9-6-7-10(8-11(9)15)12(17)13(2,3)14(4,5)16/h6-8H,16H2,1-5H3. The molecule has 0 atom stereocenters. The lowest BCUT2D eigenvalue weighted by Crippen LogP contribution is -2.51. The lowest BCUT2D eigenvalue weighted by atomic mass is 9.70. The molecule has 17 heavy (non-hydrogen) atoms. The minimum Gasteiger partial charge on any atom is -0.325 e. The van der Waals surface area contributed by atoms with Crippen LogP contribution in [0.4, 0.5) is 4.39 Å². The van der Waals surface area contributed by atoms with E-state index in [0.29, 0.717) is 11.1 Å². The van der Waals surface area contributed by atoms with Crippen molar-refractivity contribution in [2.75, 3.05) is 0 Å². The van der Waals surface area contributed by atoms with Crippen molar-refractivity contribution >= 4 is 5.78 Å². The molecule has 0 saturated heterocycles. The zero-order chi connectivity index (χ0) is 13.4. The fourth-order valence-corrected chi connectivity index (χ4v) is 1.39. The minimum absolute atomic E-state index is 0.135. The first-order valence-electron chi connectivity index (χ1n) is 5.67. The summed E-state index contributed by atoms with van der Waals surface area (Å²) in [6, 6.07) is 4.54. The molecule has 0 aliphatic heterocycles. The largest absolute Gasteiger partial charge is 0.325 e. The maximum absolute atomic E-state index is 13.4. The summed E-state index contributed by atoms with van der Waals surface area (Å²) >= 11 is 0. The second-order valence-corrected chi connectivity index (χ2v) is 5.64. The zero-order valence-corrected chi connectivity index (χ0v) is 11.1. The Morgan fingerprint density at radius 2 is 1.76 bits per heavy atom. The Morgan fingerprint density at radius 1 is 1.24 bits per heavy atom. The number of hydrogen-bond donors (Lipinski definition) is 1. The van der Waals surface area contributed by atoms with E-state index in [1.54, 1.807) is 46.8 Å². The zero-order valence-electron chi connectivity index (χ0n) is 11.1. The lowest BCUT2D eigenvalue weighted by molar-refractivity contribution is 0.0734. The molecule has 0 saturated carbocycles. The van der Waals surface area contributed by atoms with Gasteiger partial charge in [0, 0.05) is 16.5 Å². The van der Waals surface area contributed by atoms with Crippen LogP contribution in [-0.2, 0) is 0 Å². The Kier molecular flexibility index (Phi) is 3.44. The number of Topliss-reactive ketones (excluding diaryl/α,β-unsaturated/α-hetero) is 1. The van der Waals surface area contributed by atoms with Crippen LogP contribution in [0.2, 0.25) is 0 Å². The topological polar surface area (TPSA) is 43.1 Å². The van der Waals surface area contributed by atoms with Gasteiger partial charge < -0.3 is 5.73 Å². The van der Waals surface area contributed by atoms with E-state index < -0.39 is 11.0 Å². The predicted molar refractivity (Wildman–Crippen MR) is 67.5 cm³/mol. The first kappa shape index (κ1) is 13.8. The maximum Gasteiger partial charge on any atom is 0.170 e. The van der Waals surface area contributed by atoms with Crippen molar-refractivity contribution in [2.24, 2.45) is 11.1 Å². The number of hydrogen-bond acceptors (Lipinski definition) is 2. The molecule has 0 amide bonds. The third-order valence-corrected chi connectivity index (χ3v) is 3.61. The SMILES string of the molecule is Cc1ccc(C(=O)C(C)(C)C(C)(C)N)cc1F. The van der Waals surface area contributed by atoms with Crippen LogP contribution in [0, 0.1) is 18.2 Å². The number of halogens is 1. The molecule has 0 radical (unpaired) electrons. The Hall–Kier alpha value is -1.22. The minimum atomic E-state index is -0.741. The second-order valence-electron chi connectivity index (χ2n) is 5.64. The number of aryl methyl sites for hydroxylation is 1. The highest BCUT2D eigenvalue weighted by Gasteiger charge is 2.40. The predicted octanol–water partition coefficient (Wildman–Crippen LogP) is 3.08. The molecule has 1 rings (SSSR count). The molecule has 0 aliphatic rings. The van der Waals surface area contributed by atoms with E-state index in [1.807, 2.05) is 0 Å². The lowest BCUT2D eigenvalue weighted by Gasteiger charge is -2.37. The highest BCUT2D eigenvalue weighted by Crippen LogP contribution is 2.32. The van der Waals surface area contributed by atoms with Crippen molar-refractivity contribution in [3.8, 4) is 0 Å². The van der Waals surface area contributed by atoms with E-state index in [0.717, 1.165) is 0 Å². The number of ketones is 1. The van der Waals surface area contributed by atoms with Gasteiger partial charge in [-0.05, 0) is 32.4 Å². The van der Waals surface area contributed by atoms with Crippen molar-refractivity contribution in [2.45, 2.75) is 40.2 Å². The summed E-state index contributed by atoms with van der Waals surface area (Å²) in [5, 5.41) is 0. The van der Waals surface area contributed by atoms with Crippen molar-refractivity contribution < 1.29 is 9.18 Å². The molecule has 1 aromatic rings. The van der Waals surface area contributed by atoms with Crippen LogP contribution in [0.15, 0.2) is 18.2 Å². The molecule has 0 unspecified atom stereocenters. The molecule has 0 heterocycles. The Morgan fingerprint density at radius 3 is 2.18 bits per heavy atom. The Labute approximate surface area is 102 Å². The fourth-order valence-electron chi connectivity index (χ4n) is 1.39. The summed E-state index contributed by atoms with van der Waals surface area (Å²) in [6.07, 6.45) is 0. The van der Waals surface area contributed by atoms with E-state index in [9.17, 15) is 9.18 Å². The van der Waals surface area contributed by atoms with Gasteiger partial charge in [0.15, 0.2) is 5.78 Å². The van der Waals surface area contributed by atoms with Crippen molar-refractivity contribution in [1.29, 1.82) is 0 Å². The van der Waals surface area contributed by atoms with Crippen LogP contribution >= 0.6 is 0 Å². The molecule has 3 heteroatoms. The molecule has 2 N–H and O–H groups in total. The maximum atomic E-state index is 13.4. The van der Waals surface area contributed by atoms with Crippen molar-refractivity contribution in [3.05, 3.63) is 35.1 Å². The number of rotatable bonds is 3. The van der Waals surface area contributed by atoms with Gasteiger partial charge in [0.1, 0.15) is 5.82 Å².